The van der Waals surface area contributed by atoms with E-state index in [1.165, 1.54) is 16.4 Å². The average Bonchev–Trinajstić information content (AvgIpc) is 2.62. The predicted molar refractivity (Wildman–Crippen MR) is 98.3 cm³/mol. The molecule has 26 heavy (non-hydrogen) atoms. The maximum absolute atomic E-state index is 13.2. The van der Waals surface area contributed by atoms with Crippen LogP contribution in [0.2, 0.25) is 0 Å². The van der Waals surface area contributed by atoms with Gasteiger partial charge in [0.05, 0.1) is 12.0 Å². The number of aryl methyl sites for hydroxylation is 1. The van der Waals surface area contributed by atoms with Gasteiger partial charge in [0.1, 0.15) is 11.6 Å². The minimum absolute atomic E-state index is 0.113. The number of hydrogen-bond acceptors (Lipinski definition) is 4. The molecule has 0 N–H and O–H groups in total. The van der Waals surface area contributed by atoms with Gasteiger partial charge in [0.2, 0.25) is 10.0 Å². The lowest BCUT2D eigenvalue weighted by molar-refractivity contribution is 0.148. The number of benzene rings is 2. The first-order chi connectivity index (χ1) is 12.3. The van der Waals surface area contributed by atoms with Gasteiger partial charge in [0.25, 0.3) is 0 Å². The third kappa shape index (κ3) is 3.60. The minimum Gasteiger partial charge on any atom is -0.497 e. The molecule has 140 valence electrons. The highest BCUT2D eigenvalue weighted by atomic mass is 32.2. The number of ether oxygens (including phenoxy) is 1. The fourth-order valence-corrected chi connectivity index (χ4v) is 4.93. The van der Waals surface area contributed by atoms with Crippen LogP contribution in [0.5, 0.6) is 5.75 Å². The first-order valence-corrected chi connectivity index (χ1v) is 9.87. The van der Waals surface area contributed by atoms with E-state index in [0.717, 1.165) is 5.56 Å². The smallest absolute Gasteiger partial charge is 0.243 e. The topological polar surface area (TPSA) is 49.9 Å². The Bertz CT molecular complexity index is 884. The number of piperazine rings is 1. The monoisotopic (exact) mass is 378 g/mol. The molecule has 1 saturated heterocycles. The third-order valence-corrected chi connectivity index (χ3v) is 6.89. The summed E-state index contributed by atoms with van der Waals surface area (Å²) in [6.45, 7) is 3.12. The minimum atomic E-state index is -3.61. The number of methoxy groups -OCH3 is 1. The van der Waals surface area contributed by atoms with Gasteiger partial charge in [-0.3, -0.25) is 4.90 Å². The Labute approximate surface area is 154 Å². The normalized spacial score (nSPS) is 19.5. The van der Waals surface area contributed by atoms with Gasteiger partial charge in [0.15, 0.2) is 0 Å². The molecule has 1 aliphatic rings. The van der Waals surface area contributed by atoms with Crippen molar-refractivity contribution >= 4 is 10.0 Å². The molecule has 1 aliphatic heterocycles. The van der Waals surface area contributed by atoms with Crippen LogP contribution < -0.4 is 4.74 Å². The SMILES string of the molecule is COc1ccc(S(=O)(=O)N2CCN(C)C(c3ccc(F)cc3)C2)c(C)c1. The van der Waals surface area contributed by atoms with Crippen molar-refractivity contribution < 1.29 is 17.5 Å². The Balaban J connectivity index is 1.89. The van der Waals surface area contributed by atoms with Gasteiger partial charge in [0, 0.05) is 25.7 Å². The molecule has 0 spiro atoms. The second-order valence-electron chi connectivity index (χ2n) is 6.54. The Morgan fingerprint density at radius 3 is 2.42 bits per heavy atom. The van der Waals surface area contributed by atoms with Gasteiger partial charge >= 0.3 is 0 Å². The molecular weight excluding hydrogens is 355 g/mol. The van der Waals surface area contributed by atoms with E-state index in [0.29, 0.717) is 35.8 Å². The van der Waals surface area contributed by atoms with Crippen molar-refractivity contribution in [1.29, 1.82) is 0 Å². The molecule has 0 amide bonds. The number of halogens is 1. The summed E-state index contributed by atoms with van der Waals surface area (Å²) < 4.78 is 46.2. The lowest BCUT2D eigenvalue weighted by Crippen LogP contribution is -2.49. The number of likely N-dealkylation sites (N-methyl/N-ethyl adjacent to an activating group) is 1. The summed E-state index contributed by atoms with van der Waals surface area (Å²) in [5.41, 5.74) is 1.56. The quantitative estimate of drug-likeness (QED) is 0.821. The van der Waals surface area contributed by atoms with Crippen LogP contribution >= 0.6 is 0 Å². The molecule has 1 fully saturated rings. The summed E-state index contributed by atoms with van der Waals surface area (Å²) in [7, 11) is -0.106. The molecule has 0 bridgehead atoms. The molecule has 1 unspecified atom stereocenters. The molecule has 2 aromatic carbocycles. The molecule has 0 radical (unpaired) electrons. The van der Waals surface area contributed by atoms with Crippen LogP contribution in [-0.4, -0.2) is 51.4 Å². The van der Waals surface area contributed by atoms with Gasteiger partial charge in [-0.25, -0.2) is 12.8 Å². The fraction of sp³-hybridized carbons (Fsp3) is 0.368. The van der Waals surface area contributed by atoms with E-state index in [9.17, 15) is 12.8 Å². The molecule has 1 atom stereocenters. The zero-order valence-corrected chi connectivity index (χ0v) is 16.0. The van der Waals surface area contributed by atoms with Gasteiger partial charge in [-0.05, 0) is 55.4 Å². The lowest BCUT2D eigenvalue weighted by atomic mass is 10.0. The summed E-state index contributed by atoms with van der Waals surface area (Å²) in [6, 6.07) is 11.1. The number of hydrogen-bond donors (Lipinski definition) is 0. The average molecular weight is 378 g/mol. The van der Waals surface area contributed by atoms with E-state index in [4.69, 9.17) is 4.74 Å². The summed E-state index contributed by atoms with van der Waals surface area (Å²) in [5.74, 6) is 0.328. The number of nitrogens with zero attached hydrogens (tertiary/aromatic N) is 2. The van der Waals surface area contributed by atoms with E-state index in [-0.39, 0.29) is 11.9 Å². The maximum atomic E-state index is 13.2. The first-order valence-electron chi connectivity index (χ1n) is 8.43. The fourth-order valence-electron chi connectivity index (χ4n) is 3.29. The molecule has 0 aliphatic carbocycles. The maximum Gasteiger partial charge on any atom is 0.243 e. The van der Waals surface area contributed by atoms with Crippen LogP contribution in [0.1, 0.15) is 17.2 Å². The van der Waals surface area contributed by atoms with Crippen molar-refractivity contribution in [3.63, 3.8) is 0 Å². The van der Waals surface area contributed by atoms with Gasteiger partial charge < -0.3 is 4.74 Å². The van der Waals surface area contributed by atoms with E-state index in [2.05, 4.69) is 4.90 Å². The second kappa shape index (κ2) is 7.34. The zero-order chi connectivity index (χ0) is 18.9. The van der Waals surface area contributed by atoms with Crippen molar-refractivity contribution in [3.8, 4) is 5.75 Å². The molecule has 0 aromatic heterocycles. The van der Waals surface area contributed by atoms with Gasteiger partial charge in [-0.1, -0.05) is 12.1 Å². The Hall–Kier alpha value is -1.96. The second-order valence-corrected chi connectivity index (χ2v) is 8.45. The van der Waals surface area contributed by atoms with Crippen molar-refractivity contribution in [2.24, 2.45) is 0 Å². The van der Waals surface area contributed by atoms with Crippen LogP contribution in [0.3, 0.4) is 0 Å². The summed E-state index contributed by atoms with van der Waals surface area (Å²) in [4.78, 5) is 2.39. The van der Waals surface area contributed by atoms with Gasteiger partial charge in [-0.15, -0.1) is 0 Å². The molecule has 2 aromatic rings. The predicted octanol–water partition coefficient (Wildman–Crippen LogP) is 2.82. The largest absolute Gasteiger partial charge is 0.497 e. The number of rotatable bonds is 4. The Morgan fingerprint density at radius 1 is 1.12 bits per heavy atom. The van der Waals surface area contributed by atoms with E-state index in [1.54, 1.807) is 44.4 Å². The summed E-state index contributed by atoms with van der Waals surface area (Å²) in [5, 5.41) is 0. The van der Waals surface area contributed by atoms with Crippen LogP contribution in [0.25, 0.3) is 0 Å². The van der Waals surface area contributed by atoms with Crippen molar-refractivity contribution in [2.45, 2.75) is 17.9 Å². The summed E-state index contributed by atoms with van der Waals surface area (Å²) in [6.07, 6.45) is 0. The molecule has 7 heteroatoms. The number of sulfonamides is 1. The van der Waals surface area contributed by atoms with Crippen LogP contribution in [0.4, 0.5) is 4.39 Å². The molecular formula is C19H23FN2O3S. The standard InChI is InChI=1S/C19H23FN2O3S/c1-14-12-17(25-3)8-9-19(14)26(23,24)22-11-10-21(2)18(13-22)15-4-6-16(20)7-5-15/h4-9,12,18H,10-11,13H2,1-3H3. The van der Waals surface area contributed by atoms with E-state index >= 15 is 0 Å². The highest BCUT2D eigenvalue weighted by Gasteiger charge is 2.34. The molecule has 3 rings (SSSR count). The van der Waals surface area contributed by atoms with E-state index < -0.39 is 10.0 Å². The van der Waals surface area contributed by atoms with Crippen molar-refractivity contribution in [2.75, 3.05) is 33.8 Å². The van der Waals surface area contributed by atoms with Crippen molar-refractivity contribution in [1.82, 2.24) is 9.21 Å². The van der Waals surface area contributed by atoms with Crippen molar-refractivity contribution in [3.05, 3.63) is 59.4 Å². The van der Waals surface area contributed by atoms with Gasteiger partial charge in [-0.2, -0.15) is 4.31 Å². The molecule has 1 heterocycles. The molecule has 5 nitrogen and oxygen atoms in total. The van der Waals surface area contributed by atoms with Crippen LogP contribution in [0, 0.1) is 12.7 Å². The first kappa shape index (κ1) is 18.8. The Kier molecular flexibility index (Phi) is 5.32. The Morgan fingerprint density at radius 2 is 1.81 bits per heavy atom. The highest BCUT2D eigenvalue weighted by molar-refractivity contribution is 7.89. The molecule has 0 saturated carbocycles. The third-order valence-electron chi connectivity index (χ3n) is 4.87. The highest BCUT2D eigenvalue weighted by Crippen LogP contribution is 2.30. The lowest BCUT2D eigenvalue weighted by Gasteiger charge is -2.39. The van der Waals surface area contributed by atoms with Crippen LogP contribution in [-0.2, 0) is 10.0 Å². The van der Waals surface area contributed by atoms with Crippen LogP contribution in [0.15, 0.2) is 47.4 Å². The zero-order valence-electron chi connectivity index (χ0n) is 15.1. The summed E-state index contributed by atoms with van der Waals surface area (Å²) >= 11 is 0. The van der Waals surface area contributed by atoms with E-state index in [1.807, 2.05) is 7.05 Å².